The van der Waals surface area contributed by atoms with Gasteiger partial charge in [0.25, 0.3) is 0 Å². The Bertz CT molecular complexity index is 414. The van der Waals surface area contributed by atoms with E-state index in [0.717, 1.165) is 6.20 Å². The van der Waals surface area contributed by atoms with Gasteiger partial charge in [0.15, 0.2) is 0 Å². The van der Waals surface area contributed by atoms with Crippen molar-refractivity contribution in [2.75, 3.05) is 0 Å². The summed E-state index contributed by atoms with van der Waals surface area (Å²) in [4.78, 5) is 5.75. The summed E-state index contributed by atoms with van der Waals surface area (Å²) < 4.78 is 36.4. The van der Waals surface area contributed by atoms with Gasteiger partial charge in [0.05, 0.1) is 18.0 Å². The minimum Gasteiger partial charge on any atom is -0.334 e. The fourth-order valence-electron chi connectivity index (χ4n) is 0.992. The van der Waals surface area contributed by atoms with Crippen LogP contribution >= 0.6 is 0 Å². The fourth-order valence-corrected chi connectivity index (χ4v) is 0.992. The van der Waals surface area contributed by atoms with Gasteiger partial charge in [-0.05, 0) is 0 Å². The Morgan fingerprint density at radius 3 is 2.50 bits per heavy atom. The standard InChI is InChI=1S/C7H5F3N4/c8-7(9,10)5-3-11-6(14-5)4-1-12-13-2-4/h1-3H,(H,11,14)(H,12,13). The third-order valence-corrected chi connectivity index (χ3v) is 1.65. The molecule has 0 aromatic carbocycles. The van der Waals surface area contributed by atoms with E-state index < -0.39 is 11.9 Å². The first-order valence-corrected chi connectivity index (χ1v) is 3.69. The number of nitrogens with zero attached hydrogens (tertiary/aromatic N) is 2. The summed E-state index contributed by atoms with van der Waals surface area (Å²) in [5.41, 5.74) is -0.380. The lowest BCUT2D eigenvalue weighted by molar-refractivity contribution is -0.140. The molecule has 0 saturated carbocycles. The first kappa shape index (κ1) is 8.79. The molecular formula is C7H5F3N4. The zero-order chi connectivity index (χ0) is 10.2. The van der Waals surface area contributed by atoms with Gasteiger partial charge in [-0.25, -0.2) is 4.98 Å². The van der Waals surface area contributed by atoms with Gasteiger partial charge in [-0.3, -0.25) is 5.10 Å². The molecule has 0 spiro atoms. The highest BCUT2D eigenvalue weighted by Gasteiger charge is 2.33. The van der Waals surface area contributed by atoms with Crippen LogP contribution in [0.25, 0.3) is 11.4 Å². The molecule has 0 bridgehead atoms. The van der Waals surface area contributed by atoms with Crippen molar-refractivity contribution in [3.63, 3.8) is 0 Å². The quantitative estimate of drug-likeness (QED) is 0.740. The van der Waals surface area contributed by atoms with E-state index in [0.29, 0.717) is 5.56 Å². The maximum Gasteiger partial charge on any atom is 0.432 e. The molecule has 2 heterocycles. The normalized spacial score (nSPS) is 11.9. The molecule has 0 amide bonds. The minimum absolute atomic E-state index is 0.145. The molecule has 0 fully saturated rings. The Morgan fingerprint density at radius 2 is 2.00 bits per heavy atom. The number of aromatic nitrogens is 4. The highest BCUT2D eigenvalue weighted by atomic mass is 19.4. The maximum atomic E-state index is 12.1. The number of imidazole rings is 1. The van der Waals surface area contributed by atoms with Crippen LogP contribution in [0.5, 0.6) is 0 Å². The molecule has 2 rings (SSSR count). The van der Waals surface area contributed by atoms with Crippen molar-refractivity contribution in [2.24, 2.45) is 0 Å². The van der Waals surface area contributed by atoms with Crippen molar-refractivity contribution >= 4 is 0 Å². The van der Waals surface area contributed by atoms with Crippen molar-refractivity contribution in [3.05, 3.63) is 24.3 Å². The zero-order valence-corrected chi connectivity index (χ0v) is 6.76. The lowest BCUT2D eigenvalue weighted by Gasteiger charge is -2.00. The van der Waals surface area contributed by atoms with Crippen LogP contribution in [0.2, 0.25) is 0 Å². The Labute approximate surface area is 76.2 Å². The number of hydrogen-bond donors (Lipinski definition) is 2. The topological polar surface area (TPSA) is 57.4 Å². The second kappa shape index (κ2) is 2.86. The Kier molecular flexibility index (Phi) is 1.80. The zero-order valence-electron chi connectivity index (χ0n) is 6.76. The van der Waals surface area contributed by atoms with E-state index in [4.69, 9.17) is 0 Å². The van der Waals surface area contributed by atoms with Crippen molar-refractivity contribution in [2.45, 2.75) is 6.18 Å². The summed E-state index contributed by atoms with van der Waals surface area (Å²) in [6, 6.07) is 0. The van der Waals surface area contributed by atoms with Crippen LogP contribution in [0, 0.1) is 0 Å². The van der Waals surface area contributed by atoms with E-state index in [1.54, 1.807) is 0 Å². The molecule has 0 saturated heterocycles. The summed E-state index contributed by atoms with van der Waals surface area (Å²) in [7, 11) is 0. The number of rotatable bonds is 1. The molecule has 0 aliphatic rings. The molecule has 0 radical (unpaired) electrons. The molecule has 0 aliphatic carbocycles. The summed E-state index contributed by atoms with van der Waals surface area (Å²) in [6.07, 6.45) is -0.796. The van der Waals surface area contributed by atoms with Gasteiger partial charge >= 0.3 is 6.18 Å². The van der Waals surface area contributed by atoms with Gasteiger partial charge in [0.1, 0.15) is 11.5 Å². The Hall–Kier alpha value is -1.79. The molecule has 4 nitrogen and oxygen atoms in total. The van der Waals surface area contributed by atoms with Gasteiger partial charge in [-0.1, -0.05) is 0 Å². The molecule has 0 unspecified atom stereocenters. The van der Waals surface area contributed by atoms with E-state index in [1.807, 2.05) is 0 Å². The molecule has 0 atom stereocenters. The predicted molar refractivity (Wildman–Crippen MR) is 41.2 cm³/mol. The van der Waals surface area contributed by atoms with Crippen molar-refractivity contribution in [1.29, 1.82) is 0 Å². The van der Waals surface area contributed by atoms with Gasteiger partial charge in [-0.15, -0.1) is 0 Å². The number of halogens is 3. The summed E-state index contributed by atoms with van der Waals surface area (Å²) in [5, 5.41) is 6.09. The number of aromatic amines is 2. The van der Waals surface area contributed by atoms with Gasteiger partial charge in [-0.2, -0.15) is 18.3 Å². The Balaban J connectivity index is 2.36. The van der Waals surface area contributed by atoms with Crippen molar-refractivity contribution < 1.29 is 13.2 Å². The van der Waals surface area contributed by atoms with Crippen LogP contribution in [-0.2, 0) is 6.18 Å². The second-order valence-electron chi connectivity index (χ2n) is 2.63. The van der Waals surface area contributed by atoms with Crippen molar-refractivity contribution in [1.82, 2.24) is 20.2 Å². The average molecular weight is 202 g/mol. The monoisotopic (exact) mass is 202 g/mol. The first-order valence-electron chi connectivity index (χ1n) is 3.69. The summed E-state index contributed by atoms with van der Waals surface area (Å²) in [5.74, 6) is 0.145. The Morgan fingerprint density at radius 1 is 1.21 bits per heavy atom. The largest absolute Gasteiger partial charge is 0.432 e. The highest BCUT2D eigenvalue weighted by molar-refractivity contribution is 5.52. The molecule has 2 aromatic rings. The third-order valence-electron chi connectivity index (χ3n) is 1.65. The molecule has 14 heavy (non-hydrogen) atoms. The molecule has 2 aromatic heterocycles. The van der Waals surface area contributed by atoms with E-state index in [1.165, 1.54) is 12.4 Å². The molecule has 0 aliphatic heterocycles. The fraction of sp³-hybridized carbons (Fsp3) is 0.143. The number of H-pyrrole nitrogens is 2. The molecule has 2 N–H and O–H groups in total. The first-order chi connectivity index (χ1) is 6.57. The van der Waals surface area contributed by atoms with Crippen LogP contribution < -0.4 is 0 Å². The summed E-state index contributed by atoms with van der Waals surface area (Å²) in [6.45, 7) is 0. The third kappa shape index (κ3) is 1.48. The van der Waals surface area contributed by atoms with Crippen molar-refractivity contribution in [3.8, 4) is 11.4 Å². The van der Waals surface area contributed by atoms with Gasteiger partial charge in [0.2, 0.25) is 0 Å². The number of alkyl halides is 3. The van der Waals surface area contributed by atoms with E-state index in [9.17, 15) is 13.2 Å². The van der Waals surface area contributed by atoms with Crippen LogP contribution in [0.4, 0.5) is 13.2 Å². The van der Waals surface area contributed by atoms with Crippen LogP contribution in [0.15, 0.2) is 18.6 Å². The minimum atomic E-state index is -4.39. The molecule has 7 heteroatoms. The average Bonchev–Trinajstić information content (AvgIpc) is 2.73. The van der Waals surface area contributed by atoms with E-state index in [-0.39, 0.29) is 5.82 Å². The number of hydrogen-bond acceptors (Lipinski definition) is 2. The van der Waals surface area contributed by atoms with E-state index in [2.05, 4.69) is 20.2 Å². The lowest BCUT2D eigenvalue weighted by atomic mass is 10.3. The van der Waals surface area contributed by atoms with Gasteiger partial charge < -0.3 is 4.98 Å². The summed E-state index contributed by atoms with van der Waals surface area (Å²) >= 11 is 0. The maximum absolute atomic E-state index is 12.1. The van der Waals surface area contributed by atoms with Crippen LogP contribution in [-0.4, -0.2) is 20.2 Å². The van der Waals surface area contributed by atoms with Gasteiger partial charge in [0, 0.05) is 6.20 Å². The number of nitrogens with one attached hydrogen (secondary N) is 2. The molecule has 74 valence electrons. The molecular weight excluding hydrogens is 197 g/mol. The second-order valence-corrected chi connectivity index (χ2v) is 2.63. The van der Waals surface area contributed by atoms with E-state index >= 15 is 0 Å². The van der Waals surface area contributed by atoms with Crippen LogP contribution in [0.1, 0.15) is 5.69 Å². The lowest BCUT2D eigenvalue weighted by Crippen LogP contribution is -2.04. The van der Waals surface area contributed by atoms with Crippen LogP contribution in [0.3, 0.4) is 0 Å². The smallest absolute Gasteiger partial charge is 0.334 e. The predicted octanol–water partition coefficient (Wildman–Crippen LogP) is 1.82. The SMILES string of the molecule is FC(F)(F)c1cnc(-c2cn[nH]c2)[nH]1. The highest BCUT2D eigenvalue weighted by Crippen LogP contribution is 2.28.